The van der Waals surface area contributed by atoms with Crippen LogP contribution in [0.4, 0.5) is 5.69 Å². The number of aryl methyl sites for hydroxylation is 2. The van der Waals surface area contributed by atoms with Gasteiger partial charge in [0.25, 0.3) is 0 Å². The lowest BCUT2D eigenvalue weighted by molar-refractivity contribution is -0.115. The first kappa shape index (κ1) is 20.5. The van der Waals surface area contributed by atoms with Gasteiger partial charge in [-0.05, 0) is 38.5 Å². The summed E-state index contributed by atoms with van der Waals surface area (Å²) in [6, 6.07) is 4.72. The molecule has 0 bridgehead atoms. The molecule has 0 fully saturated rings. The molecule has 7 nitrogen and oxygen atoms in total. The average molecular weight is 397 g/mol. The van der Waals surface area contributed by atoms with E-state index < -0.39 is 10.0 Å². The van der Waals surface area contributed by atoms with Crippen LogP contribution in [-0.2, 0) is 21.4 Å². The van der Waals surface area contributed by atoms with E-state index in [1.54, 1.807) is 19.2 Å². The molecule has 0 saturated heterocycles. The number of amides is 1. The molecule has 26 heavy (non-hydrogen) atoms. The van der Waals surface area contributed by atoms with E-state index >= 15 is 0 Å². The van der Waals surface area contributed by atoms with E-state index in [2.05, 4.69) is 10.3 Å². The Kier molecular flexibility index (Phi) is 6.48. The van der Waals surface area contributed by atoms with E-state index in [1.165, 1.54) is 38.0 Å². The topological polar surface area (TPSA) is 84.3 Å². The van der Waals surface area contributed by atoms with Crippen LogP contribution in [0.2, 0.25) is 0 Å². The number of sulfonamides is 1. The Morgan fingerprint density at radius 1 is 1.38 bits per heavy atom. The summed E-state index contributed by atoms with van der Waals surface area (Å²) in [5.74, 6) is -0.205. The van der Waals surface area contributed by atoms with Crippen molar-refractivity contribution in [3.8, 4) is 0 Å². The fraction of sp³-hybridized carbons (Fsp3) is 0.412. The Bertz CT molecular complexity index is 891. The molecule has 2 rings (SSSR count). The van der Waals surface area contributed by atoms with Gasteiger partial charge in [0.05, 0.1) is 10.1 Å². The third kappa shape index (κ3) is 4.46. The second-order valence-electron chi connectivity index (χ2n) is 6.01. The third-order valence-electron chi connectivity index (χ3n) is 3.91. The lowest BCUT2D eigenvalue weighted by Gasteiger charge is -2.16. The van der Waals surface area contributed by atoms with Crippen LogP contribution in [0.5, 0.6) is 0 Å². The van der Waals surface area contributed by atoms with Gasteiger partial charge in [0.1, 0.15) is 0 Å². The normalized spacial score (nSPS) is 13.0. The van der Waals surface area contributed by atoms with Crippen molar-refractivity contribution in [2.24, 2.45) is 0 Å². The second-order valence-corrected chi connectivity index (χ2v) is 9.47. The fourth-order valence-electron chi connectivity index (χ4n) is 2.21. The van der Waals surface area contributed by atoms with Crippen LogP contribution in [0.1, 0.15) is 19.4 Å². The number of benzene rings is 1. The molecule has 1 atom stereocenters. The Balaban J connectivity index is 2.18. The predicted octanol–water partition coefficient (Wildman–Crippen LogP) is 2.58. The summed E-state index contributed by atoms with van der Waals surface area (Å²) >= 11 is 1.36. The number of nitrogens with zero attached hydrogens (tertiary/aromatic N) is 3. The van der Waals surface area contributed by atoms with Gasteiger partial charge in [-0.15, -0.1) is 0 Å². The third-order valence-corrected chi connectivity index (χ3v) is 6.84. The Morgan fingerprint density at radius 2 is 2.08 bits per heavy atom. The standard InChI is InChI=1S/C17H24N4O3S2/c1-6-21-10-9-18-17(21)25-13(3)16(22)19-15-11-14(8-7-12(15)2)26(23,24)20(4)5/h7-11,13H,6H2,1-5H3,(H,19,22)/t13-/m0/s1. The molecule has 0 saturated carbocycles. The second kappa shape index (κ2) is 8.24. The molecular formula is C17H24N4O3S2. The molecule has 1 aromatic heterocycles. The highest BCUT2D eigenvalue weighted by atomic mass is 32.2. The van der Waals surface area contributed by atoms with Crippen LogP contribution in [-0.4, -0.2) is 47.5 Å². The van der Waals surface area contributed by atoms with Gasteiger partial charge in [-0.1, -0.05) is 17.8 Å². The Hall–Kier alpha value is -1.84. The zero-order valence-electron chi connectivity index (χ0n) is 15.6. The molecule has 0 spiro atoms. The van der Waals surface area contributed by atoms with Crippen molar-refractivity contribution in [2.45, 2.75) is 42.6 Å². The maximum absolute atomic E-state index is 12.6. The van der Waals surface area contributed by atoms with Crippen molar-refractivity contribution in [3.63, 3.8) is 0 Å². The van der Waals surface area contributed by atoms with Gasteiger partial charge in [0.15, 0.2) is 5.16 Å². The van der Waals surface area contributed by atoms with Crippen LogP contribution >= 0.6 is 11.8 Å². The minimum absolute atomic E-state index is 0.144. The number of carbonyl (C=O) groups is 1. The molecule has 9 heteroatoms. The number of aromatic nitrogens is 2. The van der Waals surface area contributed by atoms with Crippen LogP contribution in [0.3, 0.4) is 0 Å². The van der Waals surface area contributed by atoms with Gasteiger partial charge < -0.3 is 9.88 Å². The van der Waals surface area contributed by atoms with Gasteiger partial charge in [-0.2, -0.15) is 0 Å². The maximum Gasteiger partial charge on any atom is 0.242 e. The van der Waals surface area contributed by atoms with E-state index in [0.717, 1.165) is 21.6 Å². The lowest BCUT2D eigenvalue weighted by Crippen LogP contribution is -2.25. The number of anilines is 1. The first-order chi connectivity index (χ1) is 12.2. The molecule has 142 valence electrons. The smallest absolute Gasteiger partial charge is 0.242 e. The summed E-state index contributed by atoms with van der Waals surface area (Å²) in [6.45, 7) is 6.41. The van der Waals surface area contributed by atoms with Crippen molar-refractivity contribution >= 4 is 33.4 Å². The maximum atomic E-state index is 12.6. The fourth-order valence-corrected chi connectivity index (χ4v) is 4.07. The van der Waals surface area contributed by atoms with Crippen molar-refractivity contribution in [2.75, 3.05) is 19.4 Å². The first-order valence-corrected chi connectivity index (χ1v) is 10.5. The van der Waals surface area contributed by atoms with Crippen molar-refractivity contribution < 1.29 is 13.2 Å². The summed E-state index contributed by atoms with van der Waals surface area (Å²) < 4.78 is 27.7. The average Bonchev–Trinajstić information content (AvgIpc) is 3.03. The van der Waals surface area contributed by atoms with Crippen molar-refractivity contribution in [1.29, 1.82) is 0 Å². The highest BCUT2D eigenvalue weighted by Gasteiger charge is 2.21. The Morgan fingerprint density at radius 3 is 2.69 bits per heavy atom. The molecular weight excluding hydrogens is 372 g/mol. The zero-order valence-corrected chi connectivity index (χ0v) is 17.2. The van der Waals surface area contributed by atoms with Gasteiger partial charge >= 0.3 is 0 Å². The van der Waals surface area contributed by atoms with Crippen LogP contribution in [0, 0.1) is 6.92 Å². The van der Waals surface area contributed by atoms with Gasteiger partial charge in [-0.3, -0.25) is 4.79 Å². The number of thioether (sulfide) groups is 1. The predicted molar refractivity (Wildman–Crippen MR) is 104 cm³/mol. The van der Waals surface area contributed by atoms with E-state index in [1.807, 2.05) is 24.6 Å². The number of hydrogen-bond acceptors (Lipinski definition) is 5. The highest BCUT2D eigenvalue weighted by molar-refractivity contribution is 8.00. The van der Waals surface area contributed by atoms with Crippen molar-refractivity contribution in [1.82, 2.24) is 13.9 Å². The lowest BCUT2D eigenvalue weighted by atomic mass is 10.2. The largest absolute Gasteiger partial charge is 0.326 e. The van der Waals surface area contributed by atoms with Crippen LogP contribution in [0.15, 0.2) is 40.6 Å². The van der Waals surface area contributed by atoms with Crippen LogP contribution in [0.25, 0.3) is 0 Å². The summed E-state index contributed by atoms with van der Waals surface area (Å²) in [7, 11) is -0.610. The summed E-state index contributed by atoms with van der Waals surface area (Å²) in [4.78, 5) is 17.0. The van der Waals surface area contributed by atoms with Crippen LogP contribution < -0.4 is 5.32 Å². The quantitative estimate of drug-likeness (QED) is 0.727. The molecule has 1 N–H and O–H groups in total. The van der Waals surface area contributed by atoms with Gasteiger partial charge in [0.2, 0.25) is 15.9 Å². The molecule has 1 aromatic carbocycles. The molecule has 0 radical (unpaired) electrons. The number of nitrogens with one attached hydrogen (secondary N) is 1. The van der Waals surface area contributed by atoms with E-state index in [-0.39, 0.29) is 16.1 Å². The summed E-state index contributed by atoms with van der Waals surface area (Å²) in [5.41, 5.74) is 1.28. The molecule has 0 aliphatic carbocycles. The number of rotatable bonds is 7. The minimum Gasteiger partial charge on any atom is -0.326 e. The summed E-state index contributed by atoms with van der Waals surface area (Å²) in [6.07, 6.45) is 3.57. The monoisotopic (exact) mass is 396 g/mol. The van der Waals surface area contributed by atoms with Gasteiger partial charge in [-0.25, -0.2) is 17.7 Å². The van der Waals surface area contributed by atoms with Gasteiger partial charge in [0, 0.05) is 38.7 Å². The number of imidazole rings is 1. The van der Waals surface area contributed by atoms with E-state index in [4.69, 9.17) is 0 Å². The highest BCUT2D eigenvalue weighted by Crippen LogP contribution is 2.25. The number of hydrogen-bond donors (Lipinski definition) is 1. The molecule has 0 aliphatic rings. The van der Waals surface area contributed by atoms with E-state index in [0.29, 0.717) is 5.69 Å². The Labute approximate surface area is 158 Å². The molecule has 1 heterocycles. The molecule has 0 aliphatic heterocycles. The molecule has 1 amide bonds. The first-order valence-electron chi connectivity index (χ1n) is 8.18. The SMILES string of the molecule is CCn1ccnc1S[C@@H](C)C(=O)Nc1cc(S(=O)(=O)N(C)C)ccc1C. The molecule has 0 unspecified atom stereocenters. The van der Waals surface area contributed by atoms with Crippen molar-refractivity contribution in [3.05, 3.63) is 36.2 Å². The summed E-state index contributed by atoms with van der Waals surface area (Å²) in [5, 5.41) is 3.23. The zero-order chi connectivity index (χ0) is 19.5. The number of carbonyl (C=O) groups excluding carboxylic acids is 1. The molecule has 2 aromatic rings. The van der Waals surface area contributed by atoms with E-state index in [9.17, 15) is 13.2 Å². The minimum atomic E-state index is -3.56.